The first-order valence-corrected chi connectivity index (χ1v) is 6.53. The lowest BCUT2D eigenvalue weighted by atomic mass is 10.2. The number of nitrogens with one attached hydrogen (secondary N) is 2. The van der Waals surface area contributed by atoms with E-state index in [1.165, 1.54) is 23.9 Å². The number of halogens is 1. The van der Waals surface area contributed by atoms with E-state index < -0.39 is 0 Å². The highest BCUT2D eigenvalue weighted by Crippen LogP contribution is 2.22. The van der Waals surface area contributed by atoms with E-state index >= 15 is 0 Å². The molecule has 100 valence electrons. The van der Waals surface area contributed by atoms with Crippen LogP contribution in [0.25, 0.3) is 0 Å². The van der Waals surface area contributed by atoms with Crippen molar-refractivity contribution in [2.75, 3.05) is 5.32 Å². The van der Waals surface area contributed by atoms with Gasteiger partial charge >= 0.3 is 0 Å². The summed E-state index contributed by atoms with van der Waals surface area (Å²) < 4.78 is 13.1. The summed E-state index contributed by atoms with van der Waals surface area (Å²) in [7, 11) is 0. The zero-order valence-electron chi connectivity index (χ0n) is 10.5. The van der Waals surface area contributed by atoms with E-state index in [4.69, 9.17) is 0 Å². The molecule has 0 fully saturated rings. The summed E-state index contributed by atoms with van der Waals surface area (Å²) in [5.41, 5.74) is 1.30. The highest BCUT2D eigenvalue weighted by atomic mass is 32.2. The van der Waals surface area contributed by atoms with Crippen molar-refractivity contribution in [3.8, 4) is 0 Å². The van der Waals surface area contributed by atoms with Crippen LogP contribution >= 0.6 is 11.8 Å². The van der Waals surface area contributed by atoms with Gasteiger partial charge in [0.1, 0.15) is 10.8 Å². The average molecular weight is 280 g/mol. The van der Waals surface area contributed by atoms with Crippen LogP contribution in [-0.4, -0.2) is 26.6 Å². The fraction of sp³-hybridized carbons (Fsp3) is 0.250. The third-order valence-electron chi connectivity index (χ3n) is 2.52. The molecule has 0 radical (unpaired) electrons. The molecule has 1 aromatic heterocycles. The number of thioether (sulfide) groups is 1. The molecule has 2 rings (SSSR count). The molecule has 1 heterocycles. The minimum Gasteiger partial charge on any atom is -0.325 e. The van der Waals surface area contributed by atoms with Gasteiger partial charge in [-0.05, 0) is 31.5 Å². The van der Waals surface area contributed by atoms with Crippen molar-refractivity contribution < 1.29 is 9.18 Å². The second kappa shape index (κ2) is 5.83. The monoisotopic (exact) mass is 280 g/mol. The molecule has 0 bridgehead atoms. The number of H-pyrrole nitrogens is 1. The Hall–Kier alpha value is -1.89. The van der Waals surface area contributed by atoms with Gasteiger partial charge < -0.3 is 5.32 Å². The molecule has 0 aliphatic rings. The minimum absolute atomic E-state index is 0.207. The van der Waals surface area contributed by atoms with Crippen molar-refractivity contribution in [1.29, 1.82) is 0 Å². The third-order valence-corrected chi connectivity index (χ3v) is 3.52. The van der Waals surface area contributed by atoms with Crippen molar-refractivity contribution in [3.63, 3.8) is 0 Å². The number of nitrogens with zero attached hydrogens (tertiary/aromatic N) is 2. The van der Waals surface area contributed by atoms with Crippen molar-refractivity contribution in [2.45, 2.75) is 24.1 Å². The number of hydrogen-bond acceptors (Lipinski definition) is 4. The zero-order valence-corrected chi connectivity index (χ0v) is 11.3. The molecule has 0 aliphatic carbocycles. The van der Waals surface area contributed by atoms with Crippen LogP contribution in [-0.2, 0) is 4.79 Å². The van der Waals surface area contributed by atoms with E-state index in [-0.39, 0.29) is 17.0 Å². The third kappa shape index (κ3) is 3.54. The molecule has 0 unspecified atom stereocenters. The normalized spacial score (nSPS) is 12.2. The minimum atomic E-state index is -0.377. The number of rotatable bonds is 4. The van der Waals surface area contributed by atoms with E-state index in [2.05, 4.69) is 20.7 Å². The maximum absolute atomic E-state index is 13.1. The smallest absolute Gasteiger partial charge is 0.237 e. The van der Waals surface area contributed by atoms with Gasteiger partial charge in [0.2, 0.25) is 5.91 Å². The molecule has 0 saturated carbocycles. The van der Waals surface area contributed by atoms with E-state index in [9.17, 15) is 9.18 Å². The van der Waals surface area contributed by atoms with Crippen LogP contribution in [0.2, 0.25) is 0 Å². The van der Waals surface area contributed by atoms with Gasteiger partial charge in [-0.3, -0.25) is 4.79 Å². The van der Waals surface area contributed by atoms with Crippen LogP contribution in [0.1, 0.15) is 12.5 Å². The van der Waals surface area contributed by atoms with Gasteiger partial charge in [0.25, 0.3) is 0 Å². The van der Waals surface area contributed by atoms with Crippen LogP contribution in [0.4, 0.5) is 10.1 Å². The summed E-state index contributed by atoms with van der Waals surface area (Å²) in [4.78, 5) is 12.0. The number of anilines is 1. The fourth-order valence-electron chi connectivity index (χ4n) is 1.45. The summed E-state index contributed by atoms with van der Waals surface area (Å²) in [6.45, 7) is 3.56. The molecular formula is C12H13FN4OS. The zero-order chi connectivity index (χ0) is 13.8. The van der Waals surface area contributed by atoms with Crippen LogP contribution in [0.15, 0.2) is 29.4 Å². The van der Waals surface area contributed by atoms with Crippen molar-refractivity contribution >= 4 is 23.4 Å². The number of benzene rings is 1. The van der Waals surface area contributed by atoms with E-state index in [1.807, 2.05) is 6.92 Å². The molecule has 5 nitrogen and oxygen atoms in total. The molecule has 19 heavy (non-hydrogen) atoms. The summed E-state index contributed by atoms with van der Waals surface area (Å²) >= 11 is 1.28. The molecular weight excluding hydrogens is 267 g/mol. The second-order valence-corrected chi connectivity index (χ2v) is 5.38. The molecule has 1 aromatic carbocycles. The first-order valence-electron chi connectivity index (χ1n) is 5.65. The molecule has 2 N–H and O–H groups in total. The second-order valence-electron chi connectivity index (χ2n) is 4.02. The molecule has 0 saturated heterocycles. The fourth-order valence-corrected chi connectivity index (χ4v) is 2.18. The standard InChI is InChI=1S/C12H13FN4OS/c1-7-3-4-9(13)5-10(7)15-12(18)8(2)19-11-6-14-17-16-11/h3-6,8H,1-2H3,(H,15,18)(H,14,16,17)/t8-/m1/s1. The Morgan fingerprint density at radius 2 is 2.32 bits per heavy atom. The van der Waals surface area contributed by atoms with Gasteiger partial charge in [-0.15, -0.1) is 5.10 Å². The summed E-state index contributed by atoms with van der Waals surface area (Å²) in [5.74, 6) is -0.584. The van der Waals surface area contributed by atoms with Crippen LogP contribution in [0.5, 0.6) is 0 Å². The summed E-state index contributed by atoms with van der Waals surface area (Å²) in [5, 5.41) is 13.0. The van der Waals surface area contributed by atoms with Crippen molar-refractivity contribution in [3.05, 3.63) is 35.8 Å². The lowest BCUT2D eigenvalue weighted by Gasteiger charge is -2.12. The number of amides is 1. The molecule has 0 aliphatic heterocycles. The Kier molecular flexibility index (Phi) is 4.16. The number of hydrogen-bond donors (Lipinski definition) is 2. The Morgan fingerprint density at radius 1 is 1.53 bits per heavy atom. The highest BCUT2D eigenvalue weighted by Gasteiger charge is 2.16. The van der Waals surface area contributed by atoms with Gasteiger partial charge in [0.15, 0.2) is 0 Å². The van der Waals surface area contributed by atoms with Gasteiger partial charge in [0, 0.05) is 5.69 Å². The first-order chi connectivity index (χ1) is 9.06. The van der Waals surface area contributed by atoms with Crippen molar-refractivity contribution in [1.82, 2.24) is 15.4 Å². The highest BCUT2D eigenvalue weighted by molar-refractivity contribution is 8.00. The predicted octanol–water partition coefficient (Wildman–Crippen LogP) is 2.37. The Bertz CT molecular complexity index is 573. The lowest BCUT2D eigenvalue weighted by molar-refractivity contribution is -0.115. The average Bonchev–Trinajstić information content (AvgIpc) is 2.86. The number of aromatic nitrogens is 3. The Labute approximate surface area is 114 Å². The SMILES string of the molecule is Cc1ccc(F)cc1NC(=O)[C@@H](C)Sc1cn[nH]n1. The topological polar surface area (TPSA) is 70.7 Å². The van der Waals surface area contributed by atoms with E-state index in [0.29, 0.717) is 10.7 Å². The molecule has 1 atom stereocenters. The van der Waals surface area contributed by atoms with Crippen molar-refractivity contribution in [2.24, 2.45) is 0 Å². The largest absolute Gasteiger partial charge is 0.325 e. The molecule has 2 aromatic rings. The van der Waals surface area contributed by atoms with Gasteiger partial charge in [-0.2, -0.15) is 10.3 Å². The Morgan fingerprint density at radius 3 is 3.00 bits per heavy atom. The van der Waals surface area contributed by atoms with Crippen LogP contribution in [0, 0.1) is 12.7 Å². The van der Waals surface area contributed by atoms with Gasteiger partial charge in [-0.1, -0.05) is 17.8 Å². The number of carbonyl (C=O) groups excluding carboxylic acids is 1. The van der Waals surface area contributed by atoms with Gasteiger partial charge in [-0.25, -0.2) is 4.39 Å². The van der Waals surface area contributed by atoms with E-state index in [0.717, 1.165) is 5.56 Å². The number of aryl methyl sites for hydroxylation is 1. The Balaban J connectivity index is 2.02. The van der Waals surface area contributed by atoms with Crippen LogP contribution < -0.4 is 5.32 Å². The molecule has 0 spiro atoms. The number of aromatic amines is 1. The molecule has 7 heteroatoms. The number of carbonyl (C=O) groups is 1. The van der Waals surface area contributed by atoms with Gasteiger partial charge in [0.05, 0.1) is 11.4 Å². The lowest BCUT2D eigenvalue weighted by Crippen LogP contribution is -2.22. The quantitative estimate of drug-likeness (QED) is 0.843. The predicted molar refractivity (Wildman–Crippen MR) is 71.5 cm³/mol. The summed E-state index contributed by atoms with van der Waals surface area (Å²) in [6, 6.07) is 4.29. The van der Waals surface area contributed by atoms with E-state index in [1.54, 1.807) is 19.2 Å². The first kappa shape index (κ1) is 13.5. The maximum Gasteiger partial charge on any atom is 0.237 e. The molecule has 1 amide bonds. The van der Waals surface area contributed by atoms with Crippen LogP contribution in [0.3, 0.4) is 0 Å². The summed E-state index contributed by atoms with van der Waals surface area (Å²) in [6.07, 6.45) is 1.54. The maximum atomic E-state index is 13.1.